The third-order valence-electron chi connectivity index (χ3n) is 2.90. The highest BCUT2D eigenvalue weighted by molar-refractivity contribution is 7.16. The first kappa shape index (κ1) is 14.7. The molecular weight excluding hydrogens is 296 g/mol. The van der Waals surface area contributed by atoms with Gasteiger partial charge in [-0.05, 0) is 31.2 Å². The highest BCUT2D eigenvalue weighted by Gasteiger charge is 2.16. The van der Waals surface area contributed by atoms with Crippen LogP contribution in [0.2, 0.25) is 4.34 Å². The van der Waals surface area contributed by atoms with Gasteiger partial charge in [-0.25, -0.2) is 0 Å². The van der Waals surface area contributed by atoms with Crippen LogP contribution >= 0.6 is 22.9 Å². The van der Waals surface area contributed by atoms with E-state index in [0.29, 0.717) is 21.3 Å². The van der Waals surface area contributed by atoms with Gasteiger partial charge in [0.15, 0.2) is 0 Å². The van der Waals surface area contributed by atoms with Crippen molar-refractivity contribution in [3.8, 4) is 5.75 Å². The van der Waals surface area contributed by atoms with Crippen molar-refractivity contribution in [1.82, 2.24) is 5.32 Å². The van der Waals surface area contributed by atoms with Crippen LogP contribution in [0.15, 0.2) is 30.3 Å². The Morgan fingerprint density at radius 1 is 1.40 bits per heavy atom. The van der Waals surface area contributed by atoms with Crippen molar-refractivity contribution < 1.29 is 9.53 Å². The molecule has 0 aliphatic carbocycles. The lowest BCUT2D eigenvalue weighted by atomic mass is 10.1. The number of hydrogen-bond donors (Lipinski definition) is 2. The number of carbonyl (C=O) groups excluding carboxylic acids is 1. The molecule has 0 fully saturated rings. The van der Waals surface area contributed by atoms with E-state index in [-0.39, 0.29) is 11.9 Å². The molecule has 1 heterocycles. The summed E-state index contributed by atoms with van der Waals surface area (Å²) in [5.41, 5.74) is 6.65. The average molecular weight is 311 g/mol. The second-order valence-electron chi connectivity index (χ2n) is 4.26. The molecule has 0 bridgehead atoms. The molecule has 1 amide bonds. The highest BCUT2D eigenvalue weighted by atomic mass is 35.5. The Hall–Kier alpha value is -1.72. The molecule has 0 radical (unpaired) electrons. The topological polar surface area (TPSA) is 64.3 Å². The summed E-state index contributed by atoms with van der Waals surface area (Å²) < 4.78 is 5.80. The monoisotopic (exact) mass is 310 g/mol. The summed E-state index contributed by atoms with van der Waals surface area (Å²) in [6, 6.07) is 8.69. The fraction of sp³-hybridized carbons (Fsp3) is 0.214. The molecule has 2 aromatic rings. The van der Waals surface area contributed by atoms with E-state index in [9.17, 15) is 4.79 Å². The van der Waals surface area contributed by atoms with Crippen LogP contribution < -0.4 is 15.8 Å². The van der Waals surface area contributed by atoms with Crippen LogP contribution in [0.1, 0.15) is 28.2 Å². The maximum absolute atomic E-state index is 12.2. The number of thiophene rings is 1. The zero-order valence-corrected chi connectivity index (χ0v) is 12.7. The first-order chi connectivity index (χ1) is 9.52. The predicted molar refractivity (Wildman–Crippen MR) is 82.6 cm³/mol. The van der Waals surface area contributed by atoms with Crippen molar-refractivity contribution in [2.45, 2.75) is 13.0 Å². The SMILES string of the molecule is COc1cccc(C(=O)NC(C)c2ccc(Cl)s2)c1N. The first-order valence-electron chi connectivity index (χ1n) is 6.01. The number of ether oxygens (including phenoxy) is 1. The van der Waals surface area contributed by atoms with Gasteiger partial charge < -0.3 is 15.8 Å². The summed E-state index contributed by atoms with van der Waals surface area (Å²) in [5, 5.41) is 2.90. The molecule has 6 heteroatoms. The van der Waals surface area contributed by atoms with Gasteiger partial charge in [0.25, 0.3) is 5.91 Å². The largest absolute Gasteiger partial charge is 0.495 e. The van der Waals surface area contributed by atoms with E-state index in [0.717, 1.165) is 4.88 Å². The summed E-state index contributed by atoms with van der Waals surface area (Å²) in [5.74, 6) is 0.253. The van der Waals surface area contributed by atoms with E-state index >= 15 is 0 Å². The molecule has 0 saturated carbocycles. The maximum Gasteiger partial charge on any atom is 0.254 e. The summed E-state index contributed by atoms with van der Waals surface area (Å²) in [6.07, 6.45) is 0. The minimum Gasteiger partial charge on any atom is -0.495 e. The van der Waals surface area contributed by atoms with Crippen molar-refractivity contribution in [2.24, 2.45) is 0 Å². The van der Waals surface area contributed by atoms with Crippen molar-refractivity contribution in [3.63, 3.8) is 0 Å². The molecule has 2 rings (SSSR count). The summed E-state index contributed by atoms with van der Waals surface area (Å²) in [6.45, 7) is 1.90. The molecule has 1 aromatic carbocycles. The van der Waals surface area contributed by atoms with Crippen LogP contribution in [0.25, 0.3) is 0 Å². The summed E-state index contributed by atoms with van der Waals surface area (Å²) in [7, 11) is 1.52. The zero-order chi connectivity index (χ0) is 14.7. The van der Waals surface area contributed by atoms with Gasteiger partial charge in [-0.1, -0.05) is 17.7 Å². The number of halogens is 1. The molecule has 106 valence electrons. The number of carbonyl (C=O) groups is 1. The quantitative estimate of drug-likeness (QED) is 0.850. The second-order valence-corrected chi connectivity index (χ2v) is 6.01. The second kappa shape index (κ2) is 6.15. The van der Waals surface area contributed by atoms with Crippen molar-refractivity contribution in [3.05, 3.63) is 45.1 Å². The van der Waals surface area contributed by atoms with E-state index in [4.69, 9.17) is 22.1 Å². The van der Waals surface area contributed by atoms with Crippen LogP contribution in [0.5, 0.6) is 5.75 Å². The number of anilines is 1. The Labute approximate surface area is 126 Å². The lowest BCUT2D eigenvalue weighted by molar-refractivity contribution is 0.0941. The van der Waals surface area contributed by atoms with E-state index in [2.05, 4.69) is 5.32 Å². The lowest BCUT2D eigenvalue weighted by Gasteiger charge is -2.14. The number of nitrogen functional groups attached to an aromatic ring is 1. The fourth-order valence-corrected chi connectivity index (χ4v) is 2.89. The van der Waals surface area contributed by atoms with E-state index in [1.54, 1.807) is 18.2 Å². The average Bonchev–Trinajstić information content (AvgIpc) is 2.85. The predicted octanol–water partition coefficient (Wildman–Crippen LogP) is 3.48. The molecule has 0 aliphatic rings. The molecule has 20 heavy (non-hydrogen) atoms. The molecule has 0 saturated heterocycles. The third kappa shape index (κ3) is 3.05. The molecule has 1 atom stereocenters. The Morgan fingerprint density at radius 3 is 2.75 bits per heavy atom. The van der Waals surface area contributed by atoms with Gasteiger partial charge in [-0.2, -0.15) is 0 Å². The fourth-order valence-electron chi connectivity index (χ4n) is 1.83. The standard InChI is InChI=1S/C14H15ClN2O2S/c1-8(11-6-7-12(15)20-11)17-14(18)9-4-3-5-10(19-2)13(9)16/h3-8H,16H2,1-2H3,(H,17,18). The number of hydrogen-bond acceptors (Lipinski definition) is 4. The Kier molecular flexibility index (Phi) is 4.52. The third-order valence-corrected chi connectivity index (χ3v) is 4.31. The highest BCUT2D eigenvalue weighted by Crippen LogP contribution is 2.28. The number of rotatable bonds is 4. The smallest absolute Gasteiger partial charge is 0.254 e. The van der Waals surface area contributed by atoms with Crippen molar-refractivity contribution >= 4 is 34.5 Å². The number of nitrogens with one attached hydrogen (secondary N) is 1. The van der Waals surface area contributed by atoms with Crippen LogP contribution in [0.4, 0.5) is 5.69 Å². The Morgan fingerprint density at radius 2 is 2.15 bits per heavy atom. The Bertz CT molecular complexity index is 627. The van der Waals surface area contributed by atoms with E-state index in [1.165, 1.54) is 18.4 Å². The number of methoxy groups -OCH3 is 1. The van der Waals surface area contributed by atoms with Crippen molar-refractivity contribution in [2.75, 3.05) is 12.8 Å². The van der Waals surface area contributed by atoms with Crippen LogP contribution in [-0.2, 0) is 0 Å². The zero-order valence-electron chi connectivity index (χ0n) is 11.1. The Balaban J connectivity index is 2.16. The van der Waals surface area contributed by atoms with Gasteiger partial charge in [0.05, 0.1) is 28.7 Å². The van der Waals surface area contributed by atoms with Crippen LogP contribution in [0, 0.1) is 0 Å². The van der Waals surface area contributed by atoms with Gasteiger partial charge in [-0.3, -0.25) is 4.79 Å². The van der Waals surface area contributed by atoms with Gasteiger partial charge >= 0.3 is 0 Å². The van der Waals surface area contributed by atoms with Crippen LogP contribution in [0.3, 0.4) is 0 Å². The summed E-state index contributed by atoms with van der Waals surface area (Å²) >= 11 is 7.33. The normalized spacial score (nSPS) is 11.9. The number of benzene rings is 1. The molecule has 4 nitrogen and oxygen atoms in total. The number of nitrogens with two attached hydrogens (primary N) is 1. The van der Waals surface area contributed by atoms with Crippen molar-refractivity contribution in [1.29, 1.82) is 0 Å². The van der Waals surface area contributed by atoms with Gasteiger partial charge in [-0.15, -0.1) is 11.3 Å². The molecular formula is C14H15ClN2O2S. The molecule has 0 spiro atoms. The minimum atomic E-state index is -0.238. The summed E-state index contributed by atoms with van der Waals surface area (Å²) in [4.78, 5) is 13.2. The molecule has 1 unspecified atom stereocenters. The van der Waals surface area contributed by atoms with E-state index in [1.807, 2.05) is 19.1 Å². The first-order valence-corrected chi connectivity index (χ1v) is 7.21. The van der Waals surface area contributed by atoms with Gasteiger partial charge in [0, 0.05) is 4.88 Å². The molecule has 3 N–H and O–H groups in total. The molecule has 1 aromatic heterocycles. The minimum absolute atomic E-state index is 0.134. The number of para-hydroxylation sites is 1. The van der Waals surface area contributed by atoms with Crippen LogP contribution in [-0.4, -0.2) is 13.0 Å². The van der Waals surface area contributed by atoms with Gasteiger partial charge in [0.1, 0.15) is 5.75 Å². The van der Waals surface area contributed by atoms with Gasteiger partial charge in [0.2, 0.25) is 0 Å². The maximum atomic E-state index is 12.2. The van der Waals surface area contributed by atoms with E-state index < -0.39 is 0 Å². The number of amides is 1. The lowest BCUT2D eigenvalue weighted by Crippen LogP contribution is -2.27. The molecule has 0 aliphatic heterocycles.